The number of nitrogens with zero attached hydrogens (tertiary/aromatic N) is 4. The predicted molar refractivity (Wildman–Crippen MR) is 140 cm³/mol. The molecule has 0 radical (unpaired) electrons. The van der Waals surface area contributed by atoms with E-state index in [0.29, 0.717) is 30.4 Å². The van der Waals surface area contributed by atoms with E-state index in [1.165, 1.54) is 0 Å². The van der Waals surface area contributed by atoms with Crippen LogP contribution >= 0.6 is 0 Å². The molecule has 1 fully saturated rings. The summed E-state index contributed by atoms with van der Waals surface area (Å²) in [5.74, 6) is 2.03. The predicted octanol–water partition coefficient (Wildman–Crippen LogP) is 3.11. The molecule has 2 unspecified atom stereocenters. The Labute approximate surface area is 209 Å². The number of aromatic amines is 1. The van der Waals surface area contributed by atoms with Gasteiger partial charge in [0, 0.05) is 36.1 Å². The molecule has 5 rings (SSSR count). The van der Waals surface area contributed by atoms with E-state index in [4.69, 9.17) is 16.2 Å². The molecule has 6 N–H and O–H groups in total. The summed E-state index contributed by atoms with van der Waals surface area (Å²) in [6, 6.07) is 15.6. The van der Waals surface area contributed by atoms with E-state index in [0.717, 1.165) is 40.6 Å². The number of fused-ring (bicyclic) bond motifs is 1. The molecular weight excluding hydrogens is 456 g/mol. The SMILES string of the molecule is COc1ccc(CNC(=O)C2CCC(C)N(c3cc(-c4ccc5c(N)n[nH]c5c4)nc(N)n3)C2)cc1. The molecule has 1 aliphatic heterocycles. The molecule has 10 heteroatoms. The summed E-state index contributed by atoms with van der Waals surface area (Å²) < 4.78 is 5.20. The Morgan fingerprint density at radius 2 is 1.94 bits per heavy atom. The second-order valence-electron chi connectivity index (χ2n) is 9.18. The van der Waals surface area contributed by atoms with Gasteiger partial charge in [0.05, 0.1) is 24.2 Å². The molecule has 36 heavy (non-hydrogen) atoms. The molecule has 4 aromatic rings. The van der Waals surface area contributed by atoms with Crippen molar-refractivity contribution in [1.82, 2.24) is 25.5 Å². The molecular formula is C26H30N8O2. The van der Waals surface area contributed by atoms with Crippen molar-refractivity contribution in [1.29, 1.82) is 0 Å². The molecule has 1 amide bonds. The Balaban J connectivity index is 1.32. The number of ether oxygens (including phenoxy) is 1. The first-order valence-electron chi connectivity index (χ1n) is 12.0. The third-order valence-electron chi connectivity index (χ3n) is 6.79. The van der Waals surface area contributed by atoms with Crippen LogP contribution in [-0.2, 0) is 11.3 Å². The first kappa shape index (κ1) is 23.4. The first-order chi connectivity index (χ1) is 17.4. The van der Waals surface area contributed by atoms with Crippen LogP contribution in [0.2, 0.25) is 0 Å². The second-order valence-corrected chi connectivity index (χ2v) is 9.18. The molecule has 0 saturated carbocycles. The maximum absolute atomic E-state index is 13.0. The van der Waals surface area contributed by atoms with Gasteiger partial charge >= 0.3 is 0 Å². The average molecular weight is 487 g/mol. The van der Waals surface area contributed by atoms with Crippen molar-refractivity contribution >= 4 is 34.4 Å². The summed E-state index contributed by atoms with van der Waals surface area (Å²) >= 11 is 0. The minimum absolute atomic E-state index is 0.0345. The Kier molecular flexibility index (Phi) is 6.32. The molecule has 1 aliphatic rings. The van der Waals surface area contributed by atoms with Crippen molar-refractivity contribution in [3.8, 4) is 17.0 Å². The normalized spacial score (nSPS) is 17.8. The fourth-order valence-corrected chi connectivity index (χ4v) is 4.66. The highest BCUT2D eigenvalue weighted by Gasteiger charge is 2.31. The van der Waals surface area contributed by atoms with Crippen molar-refractivity contribution in [3.63, 3.8) is 0 Å². The van der Waals surface area contributed by atoms with Gasteiger partial charge in [-0.05, 0) is 49.6 Å². The van der Waals surface area contributed by atoms with Crippen molar-refractivity contribution in [3.05, 3.63) is 54.1 Å². The number of aromatic nitrogens is 4. The number of carbonyl (C=O) groups is 1. The van der Waals surface area contributed by atoms with Crippen LogP contribution in [0.5, 0.6) is 5.75 Å². The molecule has 0 aliphatic carbocycles. The molecule has 10 nitrogen and oxygen atoms in total. The van der Waals surface area contributed by atoms with E-state index >= 15 is 0 Å². The van der Waals surface area contributed by atoms with Gasteiger partial charge in [-0.15, -0.1) is 0 Å². The lowest BCUT2D eigenvalue weighted by molar-refractivity contribution is -0.125. The number of nitrogen functional groups attached to an aromatic ring is 2. The molecule has 2 aromatic heterocycles. The number of benzene rings is 2. The second kappa shape index (κ2) is 9.73. The Morgan fingerprint density at radius 3 is 2.72 bits per heavy atom. The van der Waals surface area contributed by atoms with Crippen molar-refractivity contribution in [2.24, 2.45) is 5.92 Å². The van der Waals surface area contributed by atoms with E-state index in [1.54, 1.807) is 7.11 Å². The summed E-state index contributed by atoms with van der Waals surface area (Å²) in [4.78, 5) is 24.1. The number of nitrogens with two attached hydrogens (primary N) is 2. The minimum atomic E-state index is -0.150. The number of methoxy groups -OCH3 is 1. The highest BCUT2D eigenvalue weighted by atomic mass is 16.5. The lowest BCUT2D eigenvalue weighted by atomic mass is 9.92. The third-order valence-corrected chi connectivity index (χ3v) is 6.79. The summed E-state index contributed by atoms with van der Waals surface area (Å²) in [6.07, 6.45) is 1.69. The zero-order valence-corrected chi connectivity index (χ0v) is 20.4. The lowest BCUT2D eigenvalue weighted by Crippen LogP contribution is -2.47. The van der Waals surface area contributed by atoms with Gasteiger partial charge in [-0.3, -0.25) is 9.89 Å². The molecule has 3 heterocycles. The topological polar surface area (TPSA) is 148 Å². The smallest absolute Gasteiger partial charge is 0.225 e. The monoisotopic (exact) mass is 486 g/mol. The fraction of sp³-hybridized carbons (Fsp3) is 0.308. The minimum Gasteiger partial charge on any atom is -0.497 e. The number of hydrogen-bond donors (Lipinski definition) is 4. The van der Waals surface area contributed by atoms with Gasteiger partial charge in [0.25, 0.3) is 0 Å². The number of carbonyl (C=O) groups excluding carboxylic acids is 1. The maximum Gasteiger partial charge on any atom is 0.225 e. The van der Waals surface area contributed by atoms with Gasteiger partial charge in [0.1, 0.15) is 11.6 Å². The van der Waals surface area contributed by atoms with Gasteiger partial charge in [0.15, 0.2) is 5.82 Å². The molecule has 2 aromatic carbocycles. The Bertz CT molecular complexity index is 1380. The van der Waals surface area contributed by atoms with Crippen molar-refractivity contribution < 1.29 is 9.53 Å². The van der Waals surface area contributed by atoms with Crippen LogP contribution in [-0.4, -0.2) is 45.8 Å². The van der Waals surface area contributed by atoms with E-state index in [-0.39, 0.29) is 23.8 Å². The largest absolute Gasteiger partial charge is 0.497 e. The summed E-state index contributed by atoms with van der Waals surface area (Å²) in [5, 5.41) is 10.9. The van der Waals surface area contributed by atoms with Crippen LogP contribution in [0, 0.1) is 5.92 Å². The van der Waals surface area contributed by atoms with Crippen LogP contribution in [0.25, 0.3) is 22.2 Å². The zero-order valence-electron chi connectivity index (χ0n) is 20.4. The molecule has 0 bridgehead atoms. The van der Waals surface area contributed by atoms with Crippen molar-refractivity contribution in [2.45, 2.75) is 32.4 Å². The van der Waals surface area contributed by atoms with Crippen molar-refractivity contribution in [2.75, 3.05) is 30.0 Å². The molecule has 2 atom stereocenters. The van der Waals surface area contributed by atoms with Gasteiger partial charge in [0.2, 0.25) is 11.9 Å². The molecule has 186 valence electrons. The standard InChI is InChI=1S/C26H30N8O2/c1-15-3-6-18(25(35)29-13-16-4-8-19(36-2)9-5-16)14-34(15)23-12-21(30-26(28)31-23)17-7-10-20-22(11-17)32-33-24(20)27/h4-5,7-12,15,18H,3,6,13-14H2,1-2H3,(H,29,35)(H3,27,32,33)(H2,28,30,31). The Hall–Kier alpha value is -4.34. The number of piperidine rings is 1. The number of hydrogen-bond acceptors (Lipinski definition) is 8. The van der Waals surface area contributed by atoms with Crippen LogP contribution in [0.4, 0.5) is 17.6 Å². The van der Waals surface area contributed by atoms with Gasteiger partial charge in [-0.1, -0.05) is 18.2 Å². The lowest BCUT2D eigenvalue weighted by Gasteiger charge is -2.38. The zero-order chi connectivity index (χ0) is 25.2. The van der Waals surface area contributed by atoms with Crippen LogP contribution in [0.1, 0.15) is 25.3 Å². The van der Waals surface area contributed by atoms with Gasteiger partial charge in [-0.2, -0.15) is 10.1 Å². The summed E-state index contributed by atoms with van der Waals surface area (Å²) in [7, 11) is 1.63. The highest BCUT2D eigenvalue weighted by molar-refractivity contribution is 5.91. The van der Waals surface area contributed by atoms with E-state index in [2.05, 4.69) is 37.3 Å². The van der Waals surface area contributed by atoms with E-state index < -0.39 is 0 Å². The first-order valence-corrected chi connectivity index (χ1v) is 12.0. The summed E-state index contributed by atoms with van der Waals surface area (Å²) in [6.45, 7) is 3.17. The number of rotatable bonds is 6. The molecule has 1 saturated heterocycles. The number of anilines is 3. The quantitative estimate of drug-likeness (QED) is 0.325. The van der Waals surface area contributed by atoms with Crippen LogP contribution in [0.3, 0.4) is 0 Å². The molecule has 0 spiro atoms. The maximum atomic E-state index is 13.0. The number of nitrogens with one attached hydrogen (secondary N) is 2. The summed E-state index contributed by atoms with van der Waals surface area (Å²) in [5.41, 5.74) is 15.4. The number of H-pyrrole nitrogens is 1. The van der Waals surface area contributed by atoms with Crippen LogP contribution in [0.15, 0.2) is 48.5 Å². The third kappa shape index (κ3) is 4.74. The Morgan fingerprint density at radius 1 is 1.14 bits per heavy atom. The van der Waals surface area contributed by atoms with E-state index in [1.807, 2.05) is 48.5 Å². The number of amides is 1. The average Bonchev–Trinajstić information content (AvgIpc) is 3.27. The fourth-order valence-electron chi connectivity index (χ4n) is 4.66. The highest BCUT2D eigenvalue weighted by Crippen LogP contribution is 2.31. The van der Waals surface area contributed by atoms with E-state index in [9.17, 15) is 4.79 Å². The van der Waals surface area contributed by atoms with Gasteiger partial charge in [-0.25, -0.2) is 4.98 Å². The van der Waals surface area contributed by atoms with Crippen LogP contribution < -0.4 is 26.4 Å². The van der Waals surface area contributed by atoms with Gasteiger partial charge < -0.3 is 26.4 Å².